The number of nitrogens with zero attached hydrogens (tertiary/aromatic N) is 2. The third-order valence-corrected chi connectivity index (χ3v) is 5.08. The molecule has 1 amide bonds. The molecule has 1 saturated heterocycles. The summed E-state index contributed by atoms with van der Waals surface area (Å²) in [5.41, 5.74) is 4.21. The second-order valence-electron chi connectivity index (χ2n) is 5.75. The van der Waals surface area contributed by atoms with Crippen molar-refractivity contribution in [2.75, 3.05) is 7.11 Å². The van der Waals surface area contributed by atoms with Crippen LogP contribution in [0.4, 0.5) is 5.69 Å². The lowest BCUT2D eigenvalue weighted by Gasteiger charge is -2.04. The number of carbonyl (C=O) groups excluding carboxylic acids is 1. The van der Waals surface area contributed by atoms with Crippen LogP contribution in [0.1, 0.15) is 23.9 Å². The average Bonchev–Trinajstić information content (AvgIpc) is 3.07. The number of hydrogen-bond donors (Lipinski definition) is 1. The fourth-order valence-corrected chi connectivity index (χ4v) is 3.69. The molecular formula is C19H21N3O2S. The zero-order chi connectivity index (χ0) is 18.0. The molecular weight excluding hydrogens is 334 g/mol. The first kappa shape index (κ1) is 17.4. The number of ether oxygens (including phenoxy) is 1. The fourth-order valence-electron chi connectivity index (χ4n) is 2.86. The number of thioether (sulfide) groups is 1. The Bertz CT molecular complexity index is 864. The van der Waals surface area contributed by atoms with Crippen molar-refractivity contribution in [3.63, 3.8) is 0 Å². The number of aryl methyl sites for hydroxylation is 1. The fraction of sp³-hybridized carbons (Fsp3) is 0.263. The highest BCUT2D eigenvalue weighted by Gasteiger charge is 2.24. The van der Waals surface area contributed by atoms with Gasteiger partial charge in [0.2, 0.25) is 0 Å². The van der Waals surface area contributed by atoms with Crippen molar-refractivity contribution in [3.05, 3.63) is 52.2 Å². The van der Waals surface area contributed by atoms with Gasteiger partial charge in [0.1, 0.15) is 5.75 Å². The Morgan fingerprint density at radius 1 is 1.28 bits per heavy atom. The van der Waals surface area contributed by atoms with Gasteiger partial charge in [-0.2, -0.15) is 0 Å². The van der Waals surface area contributed by atoms with Crippen LogP contribution in [-0.4, -0.2) is 22.8 Å². The Morgan fingerprint density at radius 2 is 2.00 bits per heavy atom. The summed E-state index contributed by atoms with van der Waals surface area (Å²) in [6, 6.07) is 9.51. The van der Waals surface area contributed by atoms with Crippen LogP contribution in [0.3, 0.4) is 0 Å². The average molecular weight is 355 g/mol. The van der Waals surface area contributed by atoms with E-state index in [0.29, 0.717) is 10.1 Å². The normalized spacial score (nSPS) is 17.4. The van der Waals surface area contributed by atoms with Gasteiger partial charge in [0.05, 0.1) is 17.7 Å². The molecule has 1 aromatic carbocycles. The Kier molecular flexibility index (Phi) is 4.99. The van der Waals surface area contributed by atoms with Gasteiger partial charge in [-0.05, 0) is 74.5 Å². The minimum atomic E-state index is -0.112. The van der Waals surface area contributed by atoms with Crippen LogP contribution in [0.5, 0.6) is 5.75 Å². The Balaban J connectivity index is 1.83. The molecule has 0 unspecified atom stereocenters. The third kappa shape index (κ3) is 3.64. The molecule has 6 heteroatoms. The van der Waals surface area contributed by atoms with Crippen molar-refractivity contribution in [3.8, 4) is 5.75 Å². The molecule has 0 saturated carbocycles. The smallest absolute Gasteiger partial charge is 0.264 e. The van der Waals surface area contributed by atoms with E-state index < -0.39 is 0 Å². The molecule has 1 aliphatic rings. The van der Waals surface area contributed by atoms with E-state index >= 15 is 0 Å². The van der Waals surface area contributed by atoms with E-state index in [4.69, 9.17) is 4.74 Å². The standard InChI is InChI=1S/C19H21N3O2S/c1-5-22-12(2)10-14(13(22)3)11-17-18(23)21-19(25-17)20-15-6-8-16(24-4)9-7-15/h6-11H,5H2,1-4H3,(H,20,21,23)/b17-11+. The number of aromatic nitrogens is 1. The highest BCUT2D eigenvalue weighted by molar-refractivity contribution is 8.18. The maximum absolute atomic E-state index is 12.2. The quantitative estimate of drug-likeness (QED) is 0.843. The molecule has 2 heterocycles. The molecule has 1 aliphatic heterocycles. The van der Waals surface area contributed by atoms with E-state index in [0.717, 1.165) is 23.5 Å². The van der Waals surface area contributed by atoms with E-state index in [1.807, 2.05) is 30.3 Å². The number of nitrogens with one attached hydrogen (secondary N) is 1. The van der Waals surface area contributed by atoms with Crippen molar-refractivity contribution >= 4 is 34.6 Å². The van der Waals surface area contributed by atoms with Crippen molar-refractivity contribution < 1.29 is 9.53 Å². The first-order valence-corrected chi connectivity index (χ1v) is 8.94. The van der Waals surface area contributed by atoms with Gasteiger partial charge in [0.15, 0.2) is 5.17 Å². The van der Waals surface area contributed by atoms with Crippen molar-refractivity contribution in [1.29, 1.82) is 0 Å². The van der Waals surface area contributed by atoms with E-state index in [-0.39, 0.29) is 5.91 Å². The van der Waals surface area contributed by atoms with Gasteiger partial charge in [0.25, 0.3) is 5.91 Å². The van der Waals surface area contributed by atoms with Crippen LogP contribution < -0.4 is 10.1 Å². The molecule has 5 nitrogen and oxygen atoms in total. The number of rotatable bonds is 4. The topological polar surface area (TPSA) is 55.6 Å². The predicted octanol–water partition coefficient (Wildman–Crippen LogP) is 4.03. The first-order chi connectivity index (χ1) is 12.0. The van der Waals surface area contributed by atoms with Crippen LogP contribution in [0, 0.1) is 13.8 Å². The van der Waals surface area contributed by atoms with E-state index in [1.165, 1.54) is 23.1 Å². The van der Waals surface area contributed by atoms with Crippen LogP contribution >= 0.6 is 11.8 Å². The molecule has 0 atom stereocenters. The number of benzene rings is 1. The number of methoxy groups -OCH3 is 1. The molecule has 0 bridgehead atoms. The molecule has 3 rings (SSSR count). The number of amides is 1. The molecule has 130 valence electrons. The second-order valence-corrected chi connectivity index (χ2v) is 6.78. The van der Waals surface area contributed by atoms with Crippen LogP contribution in [0.25, 0.3) is 6.08 Å². The molecule has 1 aromatic heterocycles. The zero-order valence-electron chi connectivity index (χ0n) is 14.8. The summed E-state index contributed by atoms with van der Waals surface area (Å²) in [5, 5.41) is 3.41. The molecule has 0 radical (unpaired) electrons. The summed E-state index contributed by atoms with van der Waals surface area (Å²) in [5.74, 6) is 0.664. The van der Waals surface area contributed by atoms with E-state index in [1.54, 1.807) is 7.11 Å². The summed E-state index contributed by atoms with van der Waals surface area (Å²) >= 11 is 1.36. The lowest BCUT2D eigenvalue weighted by atomic mass is 10.2. The lowest BCUT2D eigenvalue weighted by molar-refractivity contribution is -0.115. The Labute approximate surface area is 151 Å². The number of carbonyl (C=O) groups is 1. The molecule has 2 aromatic rings. The van der Waals surface area contributed by atoms with Gasteiger partial charge >= 0.3 is 0 Å². The summed E-state index contributed by atoms with van der Waals surface area (Å²) in [7, 11) is 1.63. The summed E-state index contributed by atoms with van der Waals surface area (Å²) < 4.78 is 7.37. The molecule has 1 N–H and O–H groups in total. The third-order valence-electron chi connectivity index (χ3n) is 4.17. The Hall–Kier alpha value is -2.47. The predicted molar refractivity (Wildman–Crippen MR) is 103 cm³/mol. The first-order valence-electron chi connectivity index (χ1n) is 8.12. The monoisotopic (exact) mass is 355 g/mol. The van der Waals surface area contributed by atoms with Gasteiger partial charge in [-0.25, -0.2) is 4.99 Å². The highest BCUT2D eigenvalue weighted by atomic mass is 32.2. The zero-order valence-corrected chi connectivity index (χ0v) is 15.6. The summed E-state index contributed by atoms with van der Waals surface area (Å²) in [4.78, 5) is 17.4. The van der Waals surface area contributed by atoms with E-state index in [9.17, 15) is 4.79 Å². The number of aliphatic imine (C=N–C) groups is 1. The molecule has 0 spiro atoms. The highest BCUT2D eigenvalue weighted by Crippen LogP contribution is 2.30. The maximum Gasteiger partial charge on any atom is 0.264 e. The van der Waals surface area contributed by atoms with Gasteiger partial charge in [0, 0.05) is 17.9 Å². The van der Waals surface area contributed by atoms with Crippen LogP contribution in [-0.2, 0) is 11.3 Å². The molecule has 1 fully saturated rings. The SMILES string of the molecule is CCn1c(C)cc(/C=C2/SC(=Nc3ccc(OC)cc3)NC2=O)c1C. The number of amidine groups is 1. The largest absolute Gasteiger partial charge is 0.497 e. The van der Waals surface area contributed by atoms with Crippen LogP contribution in [0.2, 0.25) is 0 Å². The van der Waals surface area contributed by atoms with Gasteiger partial charge < -0.3 is 14.6 Å². The van der Waals surface area contributed by atoms with Crippen molar-refractivity contribution in [2.24, 2.45) is 4.99 Å². The van der Waals surface area contributed by atoms with Crippen molar-refractivity contribution in [1.82, 2.24) is 9.88 Å². The Morgan fingerprint density at radius 3 is 2.60 bits per heavy atom. The maximum atomic E-state index is 12.2. The van der Waals surface area contributed by atoms with Crippen LogP contribution in [0.15, 0.2) is 40.2 Å². The minimum Gasteiger partial charge on any atom is -0.497 e. The van der Waals surface area contributed by atoms with Crippen molar-refractivity contribution in [2.45, 2.75) is 27.3 Å². The minimum absolute atomic E-state index is 0.112. The summed E-state index contributed by atoms with van der Waals surface area (Å²) in [6.45, 7) is 7.20. The van der Waals surface area contributed by atoms with Gasteiger partial charge in [-0.3, -0.25) is 4.79 Å². The summed E-state index contributed by atoms with van der Waals surface area (Å²) in [6.07, 6.45) is 1.94. The lowest BCUT2D eigenvalue weighted by Crippen LogP contribution is -2.19. The number of hydrogen-bond acceptors (Lipinski definition) is 4. The second kappa shape index (κ2) is 7.19. The molecule has 25 heavy (non-hydrogen) atoms. The van der Waals surface area contributed by atoms with Gasteiger partial charge in [-0.15, -0.1) is 0 Å². The molecule has 0 aliphatic carbocycles. The van der Waals surface area contributed by atoms with Gasteiger partial charge in [-0.1, -0.05) is 0 Å². The van der Waals surface area contributed by atoms with E-state index in [2.05, 4.69) is 41.7 Å².